The number of nitrogens with zero attached hydrogens (tertiary/aromatic N) is 2. The molecule has 0 amide bonds. The van der Waals surface area contributed by atoms with Gasteiger partial charge in [0.05, 0.1) is 12.8 Å². The summed E-state index contributed by atoms with van der Waals surface area (Å²) < 4.78 is 20.6. The second-order valence-electron chi connectivity index (χ2n) is 6.91. The van der Waals surface area contributed by atoms with Crippen molar-refractivity contribution in [2.75, 3.05) is 31.6 Å². The summed E-state index contributed by atoms with van der Waals surface area (Å²) in [5.41, 5.74) is 3.00. The Morgan fingerprint density at radius 1 is 1.15 bits per heavy atom. The fraction of sp³-hybridized carbons (Fsp3) is 0.286. The molecule has 1 atom stereocenters. The lowest BCUT2D eigenvalue weighted by molar-refractivity contribution is 0.386. The Morgan fingerprint density at radius 2 is 2.00 bits per heavy atom. The van der Waals surface area contributed by atoms with E-state index in [1.54, 1.807) is 22.6 Å². The van der Waals surface area contributed by atoms with E-state index in [0.29, 0.717) is 17.2 Å². The topological polar surface area (TPSA) is 46.0 Å². The van der Waals surface area contributed by atoms with Crippen LogP contribution in [0, 0.1) is 5.82 Å². The molecule has 1 aliphatic heterocycles. The molecule has 0 radical (unpaired) electrons. The number of benzene rings is 1. The number of aromatic nitrogens is 1. The van der Waals surface area contributed by atoms with Crippen molar-refractivity contribution >= 4 is 11.2 Å². The first kappa shape index (κ1) is 17.5. The first-order chi connectivity index (χ1) is 13.0. The van der Waals surface area contributed by atoms with Crippen molar-refractivity contribution in [1.29, 1.82) is 0 Å². The van der Waals surface area contributed by atoms with Crippen molar-refractivity contribution in [2.24, 2.45) is 0 Å². The fourth-order valence-electron chi connectivity index (χ4n) is 3.58. The quantitative estimate of drug-likeness (QED) is 0.773. The maximum Gasteiger partial charge on any atom is 0.255 e. The number of halogens is 1. The number of piperazine rings is 1. The summed E-state index contributed by atoms with van der Waals surface area (Å²) in [6.07, 6.45) is 1.88. The SMILES string of the molecule is COc1ccc(-c2cc(=O)n3cc(N4CCN[C@@H](C)C4)ccc3c2)cc1F. The van der Waals surface area contributed by atoms with Crippen LogP contribution in [0.15, 0.2) is 53.5 Å². The molecule has 0 saturated carbocycles. The molecule has 1 saturated heterocycles. The van der Waals surface area contributed by atoms with E-state index < -0.39 is 5.82 Å². The van der Waals surface area contributed by atoms with Crippen molar-refractivity contribution in [3.8, 4) is 16.9 Å². The van der Waals surface area contributed by atoms with E-state index in [-0.39, 0.29) is 11.3 Å². The molecule has 3 aromatic rings. The van der Waals surface area contributed by atoms with Crippen molar-refractivity contribution in [1.82, 2.24) is 9.72 Å². The highest BCUT2D eigenvalue weighted by Gasteiger charge is 2.16. The van der Waals surface area contributed by atoms with Gasteiger partial charge in [0, 0.05) is 43.5 Å². The zero-order chi connectivity index (χ0) is 19.0. The number of rotatable bonds is 3. The van der Waals surface area contributed by atoms with Gasteiger partial charge in [0.25, 0.3) is 5.56 Å². The lowest BCUT2D eigenvalue weighted by Gasteiger charge is -2.33. The predicted octanol–water partition coefficient (Wildman–Crippen LogP) is 2.91. The average Bonchev–Trinajstić information content (AvgIpc) is 2.67. The van der Waals surface area contributed by atoms with Crippen LogP contribution < -0.4 is 20.5 Å². The lowest BCUT2D eigenvalue weighted by atomic mass is 10.1. The standard InChI is InChI=1S/C21H22FN3O2/c1-14-12-24(8-7-23-14)18-5-4-17-9-16(11-21(26)25(17)13-18)15-3-6-20(27-2)19(22)10-15/h3-6,9-11,13-14,23H,7-8,12H2,1-2H3/t14-/m0/s1. The van der Waals surface area contributed by atoms with Gasteiger partial charge >= 0.3 is 0 Å². The van der Waals surface area contributed by atoms with Crippen molar-refractivity contribution in [3.05, 3.63) is 64.8 Å². The molecule has 1 fully saturated rings. The molecule has 4 rings (SSSR count). The highest BCUT2D eigenvalue weighted by atomic mass is 19.1. The smallest absolute Gasteiger partial charge is 0.255 e. The summed E-state index contributed by atoms with van der Waals surface area (Å²) in [5, 5.41) is 3.42. The number of nitrogens with one attached hydrogen (secondary N) is 1. The number of hydrogen-bond donors (Lipinski definition) is 1. The second-order valence-corrected chi connectivity index (χ2v) is 6.91. The van der Waals surface area contributed by atoms with E-state index in [1.807, 2.05) is 24.4 Å². The molecule has 1 aliphatic rings. The summed E-state index contributed by atoms with van der Waals surface area (Å²) in [5.74, 6) is -0.260. The van der Waals surface area contributed by atoms with E-state index in [1.165, 1.54) is 13.2 Å². The van der Waals surface area contributed by atoms with Gasteiger partial charge in [0.2, 0.25) is 0 Å². The Balaban J connectivity index is 1.73. The van der Waals surface area contributed by atoms with Crippen molar-refractivity contribution in [2.45, 2.75) is 13.0 Å². The minimum Gasteiger partial charge on any atom is -0.494 e. The van der Waals surface area contributed by atoms with E-state index in [9.17, 15) is 9.18 Å². The van der Waals surface area contributed by atoms with E-state index in [0.717, 1.165) is 30.8 Å². The largest absolute Gasteiger partial charge is 0.494 e. The lowest BCUT2D eigenvalue weighted by Crippen LogP contribution is -2.49. The third kappa shape index (κ3) is 3.40. The van der Waals surface area contributed by atoms with Crippen LogP contribution in [0.5, 0.6) is 5.75 Å². The number of anilines is 1. The fourth-order valence-corrected chi connectivity index (χ4v) is 3.58. The third-order valence-corrected chi connectivity index (χ3v) is 5.00. The molecule has 0 aliphatic carbocycles. The van der Waals surface area contributed by atoms with Crippen molar-refractivity contribution in [3.63, 3.8) is 0 Å². The zero-order valence-electron chi connectivity index (χ0n) is 15.4. The molecular formula is C21H22FN3O2. The minimum atomic E-state index is -0.446. The van der Waals surface area contributed by atoms with E-state index >= 15 is 0 Å². The summed E-state index contributed by atoms with van der Waals surface area (Å²) in [7, 11) is 1.43. The van der Waals surface area contributed by atoms with Crippen LogP contribution in [0.4, 0.5) is 10.1 Å². The molecule has 3 heterocycles. The van der Waals surface area contributed by atoms with Crippen LogP contribution >= 0.6 is 0 Å². The Morgan fingerprint density at radius 3 is 2.74 bits per heavy atom. The van der Waals surface area contributed by atoms with Crippen LogP contribution in [0.2, 0.25) is 0 Å². The van der Waals surface area contributed by atoms with Gasteiger partial charge < -0.3 is 15.0 Å². The van der Waals surface area contributed by atoms with Gasteiger partial charge in [0.1, 0.15) is 0 Å². The van der Waals surface area contributed by atoms with Gasteiger partial charge in [-0.05, 0) is 48.4 Å². The highest BCUT2D eigenvalue weighted by molar-refractivity contribution is 5.70. The molecule has 5 nitrogen and oxygen atoms in total. The summed E-state index contributed by atoms with van der Waals surface area (Å²) in [6.45, 7) is 4.90. The van der Waals surface area contributed by atoms with Gasteiger partial charge in [0.15, 0.2) is 11.6 Å². The maximum atomic E-state index is 14.0. The van der Waals surface area contributed by atoms with Gasteiger partial charge in [-0.2, -0.15) is 0 Å². The molecule has 1 aromatic carbocycles. The van der Waals surface area contributed by atoms with E-state index in [2.05, 4.69) is 17.1 Å². The molecule has 27 heavy (non-hydrogen) atoms. The third-order valence-electron chi connectivity index (χ3n) is 5.00. The van der Waals surface area contributed by atoms with E-state index in [4.69, 9.17) is 4.74 Å². The average molecular weight is 367 g/mol. The summed E-state index contributed by atoms with van der Waals surface area (Å²) >= 11 is 0. The molecular weight excluding hydrogens is 345 g/mol. The second kappa shape index (κ2) is 7.04. The normalized spacial score (nSPS) is 17.3. The van der Waals surface area contributed by atoms with Crippen molar-refractivity contribution < 1.29 is 9.13 Å². The molecule has 6 heteroatoms. The molecule has 0 bridgehead atoms. The summed E-state index contributed by atoms with van der Waals surface area (Å²) in [4.78, 5) is 15.0. The molecule has 2 aromatic heterocycles. The minimum absolute atomic E-state index is 0.135. The number of hydrogen-bond acceptors (Lipinski definition) is 4. The van der Waals surface area contributed by atoms with Gasteiger partial charge in [-0.1, -0.05) is 6.07 Å². The Bertz CT molecular complexity index is 1050. The monoisotopic (exact) mass is 367 g/mol. The maximum absolute atomic E-state index is 14.0. The number of methoxy groups -OCH3 is 1. The van der Waals surface area contributed by atoms with Gasteiger partial charge in [-0.25, -0.2) is 4.39 Å². The molecule has 0 unspecified atom stereocenters. The Hall–Kier alpha value is -2.86. The zero-order valence-corrected chi connectivity index (χ0v) is 15.4. The molecule has 0 spiro atoms. The molecule has 140 valence electrons. The first-order valence-corrected chi connectivity index (χ1v) is 9.04. The first-order valence-electron chi connectivity index (χ1n) is 9.04. The van der Waals surface area contributed by atoms with Crippen LogP contribution in [-0.4, -0.2) is 37.2 Å². The Labute approximate surface area is 157 Å². The van der Waals surface area contributed by atoms with Crippen LogP contribution in [-0.2, 0) is 0 Å². The van der Waals surface area contributed by atoms with Crippen LogP contribution in [0.1, 0.15) is 6.92 Å². The summed E-state index contributed by atoms with van der Waals surface area (Å²) in [6, 6.07) is 12.5. The number of pyridine rings is 2. The highest BCUT2D eigenvalue weighted by Crippen LogP contribution is 2.26. The van der Waals surface area contributed by atoms with Crippen LogP contribution in [0.25, 0.3) is 16.6 Å². The van der Waals surface area contributed by atoms with Gasteiger partial charge in [-0.15, -0.1) is 0 Å². The molecule has 1 N–H and O–H groups in total. The van der Waals surface area contributed by atoms with Gasteiger partial charge in [-0.3, -0.25) is 9.20 Å². The predicted molar refractivity (Wildman–Crippen MR) is 105 cm³/mol. The number of ether oxygens (including phenoxy) is 1. The van der Waals surface area contributed by atoms with Crippen LogP contribution in [0.3, 0.4) is 0 Å². The number of fused-ring (bicyclic) bond motifs is 1. The Kier molecular flexibility index (Phi) is 4.58.